The molecule has 3 atom stereocenters. The normalized spacial score (nSPS) is 26.4. The van der Waals surface area contributed by atoms with Gasteiger partial charge < -0.3 is 5.11 Å². The minimum atomic E-state index is 0.296. The third-order valence-corrected chi connectivity index (χ3v) is 3.83. The molecular formula is C14H20O. The summed E-state index contributed by atoms with van der Waals surface area (Å²) in [5.74, 6) is 1.59. The van der Waals surface area contributed by atoms with E-state index in [1.165, 1.54) is 23.1 Å². The first kappa shape index (κ1) is 10.7. The Labute approximate surface area is 92.1 Å². The Balaban J connectivity index is 2.42. The van der Waals surface area contributed by atoms with Gasteiger partial charge in [0.1, 0.15) is 0 Å². The highest BCUT2D eigenvalue weighted by Crippen LogP contribution is 2.46. The molecule has 0 heterocycles. The summed E-state index contributed by atoms with van der Waals surface area (Å²) in [6.45, 7) is 6.94. The van der Waals surface area contributed by atoms with Crippen molar-refractivity contribution in [3.05, 3.63) is 34.9 Å². The van der Waals surface area contributed by atoms with Crippen LogP contribution in [0.4, 0.5) is 0 Å². The number of fused-ring (bicyclic) bond motifs is 1. The minimum absolute atomic E-state index is 0.296. The van der Waals surface area contributed by atoms with Crippen molar-refractivity contribution in [1.82, 2.24) is 0 Å². The van der Waals surface area contributed by atoms with Crippen LogP contribution in [-0.2, 0) is 0 Å². The zero-order valence-electron chi connectivity index (χ0n) is 9.83. The van der Waals surface area contributed by atoms with Gasteiger partial charge in [0.2, 0.25) is 0 Å². The maximum Gasteiger partial charge on any atom is 0.0462 e. The van der Waals surface area contributed by atoms with Crippen LogP contribution in [0.15, 0.2) is 18.2 Å². The first-order valence-electron chi connectivity index (χ1n) is 5.85. The lowest BCUT2D eigenvalue weighted by atomic mass is 9.88. The third kappa shape index (κ3) is 1.69. The molecule has 1 nitrogen and oxygen atoms in total. The summed E-state index contributed by atoms with van der Waals surface area (Å²) in [4.78, 5) is 0. The lowest BCUT2D eigenvalue weighted by Crippen LogP contribution is -2.10. The highest BCUT2D eigenvalue weighted by molar-refractivity contribution is 5.43. The van der Waals surface area contributed by atoms with Crippen molar-refractivity contribution in [3.63, 3.8) is 0 Å². The molecular weight excluding hydrogens is 184 g/mol. The maximum absolute atomic E-state index is 9.28. The molecule has 0 bridgehead atoms. The van der Waals surface area contributed by atoms with Gasteiger partial charge >= 0.3 is 0 Å². The van der Waals surface area contributed by atoms with Gasteiger partial charge in [-0.05, 0) is 47.8 Å². The topological polar surface area (TPSA) is 20.2 Å². The van der Waals surface area contributed by atoms with Crippen LogP contribution in [0.25, 0.3) is 0 Å². The van der Waals surface area contributed by atoms with Crippen LogP contribution in [0.5, 0.6) is 0 Å². The predicted octanol–water partition coefficient (Wildman–Crippen LogP) is 3.21. The van der Waals surface area contributed by atoms with E-state index in [2.05, 4.69) is 39.0 Å². The maximum atomic E-state index is 9.28. The van der Waals surface area contributed by atoms with Gasteiger partial charge in [-0.1, -0.05) is 32.0 Å². The summed E-state index contributed by atoms with van der Waals surface area (Å²) in [6.07, 6.45) is 1.20. The molecule has 82 valence electrons. The van der Waals surface area contributed by atoms with Crippen molar-refractivity contribution in [2.75, 3.05) is 6.61 Å². The second kappa shape index (κ2) is 3.97. The zero-order valence-corrected chi connectivity index (χ0v) is 9.83. The van der Waals surface area contributed by atoms with Crippen LogP contribution in [0.1, 0.15) is 48.8 Å². The van der Waals surface area contributed by atoms with Gasteiger partial charge in [-0.2, -0.15) is 0 Å². The third-order valence-electron chi connectivity index (χ3n) is 3.83. The number of aliphatic hydroxyl groups excluding tert-OH is 1. The molecule has 0 amide bonds. The van der Waals surface area contributed by atoms with Crippen LogP contribution in [0.3, 0.4) is 0 Å². The van der Waals surface area contributed by atoms with E-state index >= 15 is 0 Å². The van der Waals surface area contributed by atoms with E-state index < -0.39 is 0 Å². The van der Waals surface area contributed by atoms with E-state index in [0.717, 1.165) is 0 Å². The van der Waals surface area contributed by atoms with Crippen LogP contribution in [-0.4, -0.2) is 11.7 Å². The second-order valence-corrected chi connectivity index (χ2v) is 4.98. The van der Waals surface area contributed by atoms with Crippen molar-refractivity contribution >= 4 is 0 Å². The van der Waals surface area contributed by atoms with Crippen molar-refractivity contribution < 1.29 is 5.11 Å². The van der Waals surface area contributed by atoms with Gasteiger partial charge in [-0.15, -0.1) is 0 Å². The minimum Gasteiger partial charge on any atom is -0.396 e. The predicted molar refractivity (Wildman–Crippen MR) is 63.2 cm³/mol. The Morgan fingerprint density at radius 1 is 1.47 bits per heavy atom. The van der Waals surface area contributed by atoms with Crippen molar-refractivity contribution in [2.24, 2.45) is 5.92 Å². The Morgan fingerprint density at radius 3 is 2.87 bits per heavy atom. The van der Waals surface area contributed by atoms with Gasteiger partial charge in [0.05, 0.1) is 0 Å². The first-order chi connectivity index (χ1) is 7.15. The van der Waals surface area contributed by atoms with E-state index in [-0.39, 0.29) is 0 Å². The van der Waals surface area contributed by atoms with Crippen LogP contribution in [0.2, 0.25) is 0 Å². The van der Waals surface area contributed by atoms with Gasteiger partial charge in [0, 0.05) is 6.61 Å². The lowest BCUT2D eigenvalue weighted by molar-refractivity contribution is 0.214. The molecule has 0 saturated carbocycles. The fourth-order valence-corrected chi connectivity index (χ4v) is 2.99. The molecule has 1 N–H and O–H groups in total. The van der Waals surface area contributed by atoms with Crippen LogP contribution >= 0.6 is 0 Å². The standard InChI is InChI=1S/C14H20O/c1-9-5-4-6-12-13(11(3)8-15)7-10(2)14(9)12/h4-6,10-11,13,15H,7-8H2,1-3H3. The summed E-state index contributed by atoms with van der Waals surface area (Å²) < 4.78 is 0. The molecule has 1 aromatic carbocycles. The molecule has 1 heteroatoms. The average Bonchev–Trinajstić information content (AvgIpc) is 2.56. The number of hydrogen-bond donors (Lipinski definition) is 1. The van der Waals surface area contributed by atoms with Gasteiger partial charge in [0.15, 0.2) is 0 Å². The molecule has 0 aromatic heterocycles. The highest BCUT2D eigenvalue weighted by Gasteiger charge is 2.32. The molecule has 1 aromatic rings. The summed E-state index contributed by atoms with van der Waals surface area (Å²) in [5, 5.41) is 9.28. The summed E-state index contributed by atoms with van der Waals surface area (Å²) >= 11 is 0. The van der Waals surface area contributed by atoms with E-state index in [1.807, 2.05) is 0 Å². The Kier molecular flexibility index (Phi) is 2.83. The van der Waals surface area contributed by atoms with Gasteiger partial charge in [0.25, 0.3) is 0 Å². The molecule has 0 radical (unpaired) electrons. The second-order valence-electron chi connectivity index (χ2n) is 4.98. The van der Waals surface area contributed by atoms with Crippen molar-refractivity contribution in [1.29, 1.82) is 0 Å². The Bertz CT molecular complexity index is 356. The number of rotatable bonds is 2. The van der Waals surface area contributed by atoms with Gasteiger partial charge in [-0.3, -0.25) is 0 Å². The molecule has 1 aliphatic carbocycles. The highest BCUT2D eigenvalue weighted by atomic mass is 16.3. The number of hydrogen-bond acceptors (Lipinski definition) is 1. The molecule has 15 heavy (non-hydrogen) atoms. The fraction of sp³-hybridized carbons (Fsp3) is 0.571. The monoisotopic (exact) mass is 204 g/mol. The largest absolute Gasteiger partial charge is 0.396 e. The summed E-state index contributed by atoms with van der Waals surface area (Å²) in [6, 6.07) is 6.58. The number of aliphatic hydroxyl groups is 1. The molecule has 0 spiro atoms. The quantitative estimate of drug-likeness (QED) is 0.784. The SMILES string of the molecule is Cc1cccc2c1C(C)CC2C(C)CO. The number of benzene rings is 1. The summed E-state index contributed by atoms with van der Waals surface area (Å²) in [5.41, 5.74) is 4.42. The molecule has 2 rings (SSSR count). The van der Waals surface area contributed by atoms with Crippen molar-refractivity contribution in [3.8, 4) is 0 Å². The molecule has 0 saturated heterocycles. The average molecular weight is 204 g/mol. The zero-order chi connectivity index (χ0) is 11.0. The van der Waals surface area contributed by atoms with E-state index in [4.69, 9.17) is 0 Å². The van der Waals surface area contributed by atoms with E-state index in [1.54, 1.807) is 0 Å². The molecule has 0 fully saturated rings. The Morgan fingerprint density at radius 2 is 2.20 bits per heavy atom. The Hall–Kier alpha value is -0.820. The lowest BCUT2D eigenvalue weighted by Gasteiger charge is -2.18. The van der Waals surface area contributed by atoms with E-state index in [9.17, 15) is 5.11 Å². The van der Waals surface area contributed by atoms with Crippen LogP contribution < -0.4 is 0 Å². The first-order valence-corrected chi connectivity index (χ1v) is 5.85. The smallest absolute Gasteiger partial charge is 0.0462 e. The fourth-order valence-electron chi connectivity index (χ4n) is 2.99. The molecule has 1 aliphatic rings. The molecule has 0 aliphatic heterocycles. The van der Waals surface area contributed by atoms with Gasteiger partial charge in [-0.25, -0.2) is 0 Å². The van der Waals surface area contributed by atoms with Crippen LogP contribution in [0, 0.1) is 12.8 Å². The van der Waals surface area contributed by atoms with E-state index in [0.29, 0.717) is 24.4 Å². The summed E-state index contributed by atoms with van der Waals surface area (Å²) in [7, 11) is 0. The molecule has 3 unspecified atom stereocenters. The number of aryl methyl sites for hydroxylation is 1. The van der Waals surface area contributed by atoms with Crippen molar-refractivity contribution in [2.45, 2.75) is 39.0 Å².